The molecule has 0 unspecified atom stereocenters. The highest BCUT2D eigenvalue weighted by Gasteiger charge is 2.06. The zero-order valence-electron chi connectivity index (χ0n) is 7.59. The summed E-state index contributed by atoms with van der Waals surface area (Å²) < 4.78 is 4.12. The van der Waals surface area contributed by atoms with Crippen LogP contribution in [-0.2, 0) is 7.05 Å². The first kappa shape index (κ1) is 7.92. The van der Waals surface area contributed by atoms with E-state index in [1.54, 1.807) is 0 Å². The molecule has 0 bridgehead atoms. The lowest BCUT2D eigenvalue weighted by molar-refractivity contribution is -0.684. The number of hydrogen-bond donors (Lipinski definition) is 0. The Labute approximate surface area is 77.7 Å². The maximum absolute atomic E-state index is 2.08. The summed E-state index contributed by atoms with van der Waals surface area (Å²) in [6.07, 6.45) is 8.18. The van der Waals surface area contributed by atoms with Gasteiger partial charge in [-0.3, -0.25) is 0 Å². The smallest absolute Gasteiger partial charge is 0.202 e. The van der Waals surface area contributed by atoms with Crippen LogP contribution in [-0.4, -0.2) is 0 Å². The van der Waals surface area contributed by atoms with E-state index < -0.39 is 0 Å². The molecule has 2 aromatic heterocycles. The first-order chi connectivity index (χ1) is 6.36. The fraction of sp³-hybridized carbons (Fsp3) is 0.0909. The standard InChI is InChI=1S/C11H12N2/c1-12-7-5-6-11(10-12)13-8-3-2-4-9-13/h2-10H,1H3/q+2. The third-order valence-electron chi connectivity index (χ3n) is 1.94. The molecule has 0 aliphatic heterocycles. The molecule has 64 valence electrons. The van der Waals surface area contributed by atoms with Crippen LogP contribution in [0, 0.1) is 0 Å². The largest absolute Gasteiger partial charge is 0.274 e. The number of rotatable bonds is 1. The van der Waals surface area contributed by atoms with Gasteiger partial charge in [-0.25, -0.2) is 4.57 Å². The second kappa shape index (κ2) is 3.35. The van der Waals surface area contributed by atoms with Gasteiger partial charge in [0.1, 0.15) is 7.05 Å². The zero-order chi connectivity index (χ0) is 9.10. The minimum Gasteiger partial charge on any atom is -0.202 e. The maximum Gasteiger partial charge on any atom is 0.274 e. The summed E-state index contributed by atoms with van der Waals surface area (Å²) in [5, 5.41) is 0. The average molecular weight is 172 g/mol. The number of nitrogens with zero attached hydrogens (tertiary/aromatic N) is 2. The van der Waals surface area contributed by atoms with Gasteiger partial charge < -0.3 is 0 Å². The zero-order valence-corrected chi connectivity index (χ0v) is 7.59. The maximum atomic E-state index is 2.08. The highest BCUT2D eigenvalue weighted by molar-refractivity contribution is 5.13. The normalized spacial score (nSPS) is 9.92. The van der Waals surface area contributed by atoms with Gasteiger partial charge in [-0.1, -0.05) is 6.07 Å². The molecule has 0 aliphatic carbocycles. The van der Waals surface area contributed by atoms with Crippen LogP contribution < -0.4 is 9.13 Å². The molecule has 2 aromatic rings. The fourth-order valence-corrected chi connectivity index (χ4v) is 1.30. The lowest BCUT2D eigenvalue weighted by atomic mass is 10.4. The van der Waals surface area contributed by atoms with Crippen molar-refractivity contribution >= 4 is 0 Å². The van der Waals surface area contributed by atoms with E-state index in [9.17, 15) is 0 Å². The van der Waals surface area contributed by atoms with Crippen molar-refractivity contribution in [3.63, 3.8) is 0 Å². The molecule has 0 spiro atoms. The van der Waals surface area contributed by atoms with Crippen molar-refractivity contribution in [2.45, 2.75) is 0 Å². The predicted octanol–water partition coefficient (Wildman–Crippen LogP) is 0.788. The van der Waals surface area contributed by atoms with E-state index in [1.165, 1.54) is 5.69 Å². The SMILES string of the molecule is C[n+]1cccc(-[n+]2ccccc2)c1. The second-order valence-corrected chi connectivity index (χ2v) is 3.01. The molecule has 0 fully saturated rings. The van der Waals surface area contributed by atoms with Crippen molar-refractivity contribution in [1.82, 2.24) is 0 Å². The Morgan fingerprint density at radius 3 is 2.38 bits per heavy atom. The minimum atomic E-state index is 1.17. The van der Waals surface area contributed by atoms with E-state index in [2.05, 4.69) is 16.8 Å². The first-order valence-corrected chi connectivity index (χ1v) is 4.28. The lowest BCUT2D eigenvalue weighted by Crippen LogP contribution is -2.35. The molecule has 0 amide bonds. The van der Waals surface area contributed by atoms with Crippen LogP contribution in [0.4, 0.5) is 0 Å². The number of pyridine rings is 2. The molecule has 0 atom stereocenters. The van der Waals surface area contributed by atoms with Crippen LogP contribution in [0.25, 0.3) is 5.69 Å². The van der Waals surface area contributed by atoms with Gasteiger partial charge in [0, 0.05) is 24.3 Å². The number of hydrogen-bond acceptors (Lipinski definition) is 0. The molecular weight excluding hydrogens is 160 g/mol. The van der Waals surface area contributed by atoms with Gasteiger partial charge >= 0.3 is 0 Å². The second-order valence-electron chi connectivity index (χ2n) is 3.01. The van der Waals surface area contributed by atoms with Crippen molar-refractivity contribution in [2.75, 3.05) is 0 Å². The molecule has 0 saturated carbocycles. The van der Waals surface area contributed by atoms with Crippen molar-refractivity contribution in [3.05, 3.63) is 55.1 Å². The molecule has 0 aliphatic rings. The summed E-state index contributed by atoms with van der Waals surface area (Å²) >= 11 is 0. The van der Waals surface area contributed by atoms with E-state index in [0.29, 0.717) is 0 Å². The summed E-state index contributed by atoms with van der Waals surface area (Å²) in [5.74, 6) is 0. The van der Waals surface area contributed by atoms with E-state index in [1.807, 2.05) is 54.5 Å². The van der Waals surface area contributed by atoms with Gasteiger partial charge in [-0.05, 0) is 0 Å². The number of aromatic nitrogens is 2. The Morgan fingerprint density at radius 2 is 1.69 bits per heavy atom. The third-order valence-corrected chi connectivity index (χ3v) is 1.94. The van der Waals surface area contributed by atoms with Crippen LogP contribution in [0.2, 0.25) is 0 Å². The first-order valence-electron chi connectivity index (χ1n) is 4.28. The van der Waals surface area contributed by atoms with Crippen molar-refractivity contribution in [1.29, 1.82) is 0 Å². The van der Waals surface area contributed by atoms with Crippen LogP contribution >= 0.6 is 0 Å². The van der Waals surface area contributed by atoms with Crippen LogP contribution in [0.1, 0.15) is 0 Å². The highest BCUT2D eigenvalue weighted by atomic mass is 15.0. The summed E-state index contributed by atoms with van der Waals surface area (Å²) in [7, 11) is 2.02. The molecule has 13 heavy (non-hydrogen) atoms. The molecule has 0 aromatic carbocycles. The van der Waals surface area contributed by atoms with Crippen molar-refractivity contribution in [3.8, 4) is 5.69 Å². The fourth-order valence-electron chi connectivity index (χ4n) is 1.30. The molecule has 0 radical (unpaired) electrons. The van der Waals surface area contributed by atoms with Gasteiger partial charge in [0.15, 0.2) is 18.6 Å². The minimum absolute atomic E-state index is 1.17. The van der Waals surface area contributed by atoms with Crippen LogP contribution in [0.15, 0.2) is 55.1 Å². The molecule has 0 saturated heterocycles. The van der Waals surface area contributed by atoms with Crippen LogP contribution in [0.3, 0.4) is 0 Å². The summed E-state index contributed by atoms with van der Waals surface area (Å²) in [5.41, 5.74) is 1.17. The predicted molar refractivity (Wildman–Crippen MR) is 49.2 cm³/mol. The lowest BCUT2D eigenvalue weighted by Gasteiger charge is -1.91. The van der Waals surface area contributed by atoms with E-state index in [0.717, 1.165) is 0 Å². The van der Waals surface area contributed by atoms with Gasteiger partial charge in [0.05, 0.1) is 0 Å². The van der Waals surface area contributed by atoms with E-state index >= 15 is 0 Å². The Morgan fingerprint density at radius 1 is 0.923 bits per heavy atom. The van der Waals surface area contributed by atoms with Crippen molar-refractivity contribution < 1.29 is 9.13 Å². The van der Waals surface area contributed by atoms with Gasteiger partial charge in [0.25, 0.3) is 5.69 Å². The van der Waals surface area contributed by atoms with Crippen LogP contribution in [0.5, 0.6) is 0 Å². The topological polar surface area (TPSA) is 7.76 Å². The van der Waals surface area contributed by atoms with E-state index in [-0.39, 0.29) is 0 Å². The van der Waals surface area contributed by atoms with Crippen molar-refractivity contribution in [2.24, 2.45) is 7.05 Å². The molecule has 2 heterocycles. The monoisotopic (exact) mass is 172 g/mol. The molecule has 2 rings (SSSR count). The van der Waals surface area contributed by atoms with E-state index in [4.69, 9.17) is 0 Å². The quantitative estimate of drug-likeness (QED) is 0.562. The highest BCUT2D eigenvalue weighted by Crippen LogP contribution is 1.92. The number of aryl methyl sites for hydroxylation is 1. The third kappa shape index (κ3) is 1.72. The molecular formula is C11H12N2+2. The molecule has 2 nitrogen and oxygen atoms in total. The summed E-state index contributed by atoms with van der Waals surface area (Å²) in [6.45, 7) is 0. The average Bonchev–Trinajstić information content (AvgIpc) is 2.19. The van der Waals surface area contributed by atoms with Gasteiger partial charge in [0.2, 0.25) is 6.20 Å². The Hall–Kier alpha value is -1.70. The Kier molecular flexibility index (Phi) is 2.04. The summed E-state index contributed by atoms with van der Waals surface area (Å²) in [6, 6.07) is 10.2. The summed E-state index contributed by atoms with van der Waals surface area (Å²) in [4.78, 5) is 0. The molecule has 2 heteroatoms. The Balaban J connectivity index is 2.48. The van der Waals surface area contributed by atoms with Gasteiger partial charge in [-0.2, -0.15) is 4.57 Å². The Bertz CT molecular complexity index is 396. The van der Waals surface area contributed by atoms with Gasteiger partial charge in [-0.15, -0.1) is 0 Å². The molecule has 0 N–H and O–H groups in total.